The fourth-order valence-corrected chi connectivity index (χ4v) is 1.13. The molecule has 0 aliphatic carbocycles. The van der Waals surface area contributed by atoms with Crippen molar-refractivity contribution in [1.82, 2.24) is 0 Å². The molecule has 0 N–H and O–H groups in total. The monoisotopic (exact) mass is 171 g/mol. The van der Waals surface area contributed by atoms with Crippen LogP contribution in [0.5, 0.6) is 0 Å². The summed E-state index contributed by atoms with van der Waals surface area (Å²) in [6.45, 7) is 6.43. The summed E-state index contributed by atoms with van der Waals surface area (Å²) in [6.07, 6.45) is 6.38. The van der Waals surface area contributed by atoms with Crippen molar-refractivity contribution in [3.8, 4) is 0 Å². The van der Waals surface area contributed by atoms with Gasteiger partial charge < -0.3 is 4.43 Å². The molecule has 0 amide bonds. The van der Waals surface area contributed by atoms with Gasteiger partial charge in [0.25, 0.3) is 0 Å². The van der Waals surface area contributed by atoms with Gasteiger partial charge in [0.15, 0.2) is 0 Å². The molecule has 0 fully saturated rings. The van der Waals surface area contributed by atoms with Crippen LogP contribution in [0.15, 0.2) is 0 Å². The van der Waals surface area contributed by atoms with Crippen molar-refractivity contribution >= 4 is 10.5 Å². The highest BCUT2D eigenvalue weighted by atomic mass is 28.2. The molecule has 0 rings (SSSR count). The minimum atomic E-state index is 0.00459. The molecule has 0 aliphatic rings. The van der Waals surface area contributed by atoms with E-state index in [0.717, 1.165) is 6.42 Å². The number of hydrogen-bond donors (Lipinski definition) is 0. The van der Waals surface area contributed by atoms with Gasteiger partial charge in [0.2, 0.25) is 10.5 Å². The molecule has 0 heterocycles. The second kappa shape index (κ2) is 5.78. The largest absolute Gasteiger partial charge is 0.414 e. The van der Waals surface area contributed by atoms with Crippen LogP contribution in [-0.2, 0) is 4.43 Å². The average molecular weight is 171 g/mol. The molecular formula is C9H19OSi. The van der Waals surface area contributed by atoms with E-state index in [1.165, 1.54) is 25.7 Å². The summed E-state index contributed by atoms with van der Waals surface area (Å²) < 4.78 is 5.12. The van der Waals surface area contributed by atoms with Gasteiger partial charge in [-0.05, 0) is 20.3 Å². The highest BCUT2D eigenvalue weighted by Crippen LogP contribution is 2.17. The zero-order chi connectivity index (χ0) is 8.74. The number of rotatable bonds is 6. The summed E-state index contributed by atoms with van der Waals surface area (Å²) >= 11 is 0. The van der Waals surface area contributed by atoms with E-state index >= 15 is 0 Å². The first kappa shape index (κ1) is 11.2. The Kier molecular flexibility index (Phi) is 5.87. The van der Waals surface area contributed by atoms with Crippen molar-refractivity contribution in [2.45, 2.75) is 58.5 Å². The van der Waals surface area contributed by atoms with Gasteiger partial charge in [0.1, 0.15) is 0 Å². The topological polar surface area (TPSA) is 9.23 Å². The lowest BCUT2D eigenvalue weighted by Crippen LogP contribution is -2.22. The Hall–Kier alpha value is 0.177. The zero-order valence-corrected chi connectivity index (χ0v) is 8.94. The molecule has 3 radical (unpaired) electrons. The first-order valence-electron chi connectivity index (χ1n) is 4.47. The van der Waals surface area contributed by atoms with E-state index in [9.17, 15) is 0 Å². The molecule has 0 aliphatic heterocycles. The smallest absolute Gasteiger partial charge is 0.246 e. The van der Waals surface area contributed by atoms with Crippen molar-refractivity contribution in [3.05, 3.63) is 0 Å². The SMILES string of the molecule is CCCCCCC(C)(C)O[Si]. The third kappa shape index (κ3) is 6.57. The van der Waals surface area contributed by atoms with Crippen molar-refractivity contribution < 1.29 is 4.43 Å². The van der Waals surface area contributed by atoms with Crippen LogP contribution in [0.1, 0.15) is 52.9 Å². The lowest BCUT2D eigenvalue weighted by molar-refractivity contribution is 0.109. The van der Waals surface area contributed by atoms with Crippen LogP contribution in [-0.4, -0.2) is 16.1 Å². The van der Waals surface area contributed by atoms with Crippen LogP contribution in [0.25, 0.3) is 0 Å². The summed E-state index contributed by atoms with van der Waals surface area (Å²) in [7, 11) is 3.09. The van der Waals surface area contributed by atoms with E-state index in [1.54, 1.807) is 0 Å². The van der Waals surface area contributed by atoms with E-state index in [1.807, 2.05) is 0 Å². The van der Waals surface area contributed by atoms with E-state index < -0.39 is 0 Å². The summed E-state index contributed by atoms with van der Waals surface area (Å²) in [6, 6.07) is 0. The summed E-state index contributed by atoms with van der Waals surface area (Å²) in [4.78, 5) is 0. The first-order chi connectivity index (χ1) is 5.12. The maximum absolute atomic E-state index is 5.12. The molecule has 0 saturated carbocycles. The van der Waals surface area contributed by atoms with Crippen molar-refractivity contribution in [2.75, 3.05) is 0 Å². The van der Waals surface area contributed by atoms with Crippen LogP contribution in [0.4, 0.5) is 0 Å². The lowest BCUT2D eigenvalue weighted by Gasteiger charge is -2.22. The number of unbranched alkanes of at least 4 members (excludes halogenated alkanes) is 3. The van der Waals surface area contributed by atoms with Crippen LogP contribution < -0.4 is 0 Å². The molecule has 0 aromatic heterocycles. The van der Waals surface area contributed by atoms with Crippen LogP contribution in [0.2, 0.25) is 0 Å². The molecule has 0 aromatic rings. The highest BCUT2D eigenvalue weighted by molar-refractivity contribution is 5.98. The normalized spacial score (nSPS) is 12.0. The first-order valence-corrected chi connectivity index (χ1v) is 4.88. The maximum Gasteiger partial charge on any atom is 0.246 e. The van der Waals surface area contributed by atoms with Crippen molar-refractivity contribution in [1.29, 1.82) is 0 Å². The molecule has 65 valence electrons. The summed E-state index contributed by atoms with van der Waals surface area (Å²) in [5.41, 5.74) is 0.00459. The Bertz CT molecular complexity index is 91.6. The summed E-state index contributed by atoms with van der Waals surface area (Å²) in [5, 5.41) is 0. The Morgan fingerprint density at radius 1 is 1.18 bits per heavy atom. The quantitative estimate of drug-likeness (QED) is 0.441. The zero-order valence-electron chi connectivity index (χ0n) is 7.94. The maximum atomic E-state index is 5.12. The van der Waals surface area contributed by atoms with E-state index in [0.29, 0.717) is 0 Å². The molecule has 11 heavy (non-hydrogen) atoms. The second-order valence-electron chi connectivity index (χ2n) is 3.67. The molecule has 0 atom stereocenters. The standard InChI is InChI=1S/C9H19OSi/c1-4-5-6-7-8-9(2,3)10-11/h4-8H2,1-3H3. The third-order valence-corrected chi connectivity index (χ3v) is 2.46. The van der Waals surface area contributed by atoms with Gasteiger partial charge in [-0.3, -0.25) is 0 Å². The van der Waals surface area contributed by atoms with Gasteiger partial charge >= 0.3 is 0 Å². The van der Waals surface area contributed by atoms with Gasteiger partial charge in [-0.25, -0.2) is 0 Å². The predicted molar refractivity (Wildman–Crippen MR) is 49.7 cm³/mol. The summed E-state index contributed by atoms with van der Waals surface area (Å²) in [5.74, 6) is 0. The lowest BCUT2D eigenvalue weighted by atomic mass is 10.0. The predicted octanol–water partition coefficient (Wildman–Crippen LogP) is 2.84. The van der Waals surface area contributed by atoms with Gasteiger partial charge in [-0.2, -0.15) is 0 Å². The van der Waals surface area contributed by atoms with Crippen LogP contribution in [0, 0.1) is 0 Å². The van der Waals surface area contributed by atoms with Crippen molar-refractivity contribution in [2.24, 2.45) is 0 Å². The van der Waals surface area contributed by atoms with Gasteiger partial charge in [0, 0.05) is 5.60 Å². The molecule has 2 heteroatoms. The molecule has 1 nitrogen and oxygen atoms in total. The minimum Gasteiger partial charge on any atom is -0.414 e. The molecule has 0 spiro atoms. The van der Waals surface area contributed by atoms with E-state index in [2.05, 4.69) is 31.3 Å². The molecule has 0 aromatic carbocycles. The van der Waals surface area contributed by atoms with Gasteiger partial charge in [0.05, 0.1) is 0 Å². The molecule has 0 saturated heterocycles. The minimum absolute atomic E-state index is 0.00459. The second-order valence-corrected chi connectivity index (χ2v) is 3.88. The highest BCUT2D eigenvalue weighted by Gasteiger charge is 2.14. The Morgan fingerprint density at radius 3 is 2.27 bits per heavy atom. The molecular weight excluding hydrogens is 152 g/mol. The van der Waals surface area contributed by atoms with Crippen LogP contribution in [0.3, 0.4) is 0 Å². The van der Waals surface area contributed by atoms with Crippen molar-refractivity contribution in [3.63, 3.8) is 0 Å². The fraction of sp³-hybridized carbons (Fsp3) is 1.00. The Labute approximate surface area is 74.1 Å². The average Bonchev–Trinajstić information content (AvgIpc) is 1.99. The third-order valence-electron chi connectivity index (χ3n) is 1.91. The number of hydrogen-bond acceptors (Lipinski definition) is 1. The molecule has 0 unspecified atom stereocenters. The van der Waals surface area contributed by atoms with E-state index in [4.69, 9.17) is 4.43 Å². The van der Waals surface area contributed by atoms with Gasteiger partial charge in [-0.15, -0.1) is 0 Å². The van der Waals surface area contributed by atoms with Gasteiger partial charge in [-0.1, -0.05) is 32.6 Å². The Balaban J connectivity index is 3.23. The Morgan fingerprint density at radius 2 is 1.82 bits per heavy atom. The fourth-order valence-electron chi connectivity index (χ4n) is 1.03. The van der Waals surface area contributed by atoms with Crippen LogP contribution >= 0.6 is 0 Å². The molecule has 0 bridgehead atoms. The van der Waals surface area contributed by atoms with E-state index in [-0.39, 0.29) is 5.60 Å².